The van der Waals surface area contributed by atoms with Gasteiger partial charge in [0.05, 0.1) is 50.3 Å². The summed E-state index contributed by atoms with van der Waals surface area (Å²) in [5, 5.41) is 20.7. The number of carbonyl (C=O) groups excluding carboxylic acids is 2. The SMILES string of the molecule is COc1ccc([C@H]2CC(c3cccs3)=NN2C(=O)CSc2nnc(CNC(=O)c3ccc(OC)c(OC)c3)n2-c2cccc(C)c2)cc1. The van der Waals surface area contributed by atoms with Crippen LogP contribution in [-0.2, 0) is 11.3 Å². The Morgan fingerprint density at radius 2 is 1.75 bits per heavy atom. The lowest BCUT2D eigenvalue weighted by Gasteiger charge is -2.22. The van der Waals surface area contributed by atoms with Crippen LogP contribution < -0.4 is 19.5 Å². The van der Waals surface area contributed by atoms with Crippen LogP contribution in [0.25, 0.3) is 5.69 Å². The molecule has 1 aliphatic rings. The zero-order valence-corrected chi connectivity index (χ0v) is 28.5. The van der Waals surface area contributed by atoms with Gasteiger partial charge in [0.1, 0.15) is 5.75 Å². The summed E-state index contributed by atoms with van der Waals surface area (Å²) in [4.78, 5) is 28.0. The first kappa shape index (κ1) is 32.8. The Hall–Kier alpha value is -5.14. The highest BCUT2D eigenvalue weighted by Crippen LogP contribution is 2.35. The molecule has 1 atom stereocenters. The zero-order valence-electron chi connectivity index (χ0n) is 26.9. The van der Waals surface area contributed by atoms with Gasteiger partial charge in [-0.2, -0.15) is 5.10 Å². The number of aromatic nitrogens is 3. The molecule has 11 nitrogen and oxygen atoms in total. The summed E-state index contributed by atoms with van der Waals surface area (Å²) in [7, 11) is 4.69. The fourth-order valence-corrected chi connectivity index (χ4v) is 6.93. The fraction of sp³-hybridized carbons (Fsp3) is 0.229. The Morgan fingerprint density at radius 1 is 0.938 bits per heavy atom. The van der Waals surface area contributed by atoms with Crippen molar-refractivity contribution in [2.24, 2.45) is 5.10 Å². The van der Waals surface area contributed by atoms with E-state index < -0.39 is 0 Å². The van der Waals surface area contributed by atoms with Crippen LogP contribution in [0.15, 0.2) is 94.5 Å². The number of amides is 2. The molecule has 48 heavy (non-hydrogen) atoms. The van der Waals surface area contributed by atoms with Gasteiger partial charge < -0.3 is 19.5 Å². The fourth-order valence-electron chi connectivity index (χ4n) is 5.38. The maximum atomic E-state index is 13.9. The molecule has 2 aromatic heterocycles. The Balaban J connectivity index is 1.23. The number of nitrogens with one attached hydrogen (secondary N) is 1. The maximum Gasteiger partial charge on any atom is 0.253 e. The summed E-state index contributed by atoms with van der Waals surface area (Å²) in [5.41, 5.74) is 4.12. The number of thiophene rings is 1. The summed E-state index contributed by atoms with van der Waals surface area (Å²) >= 11 is 2.88. The molecule has 1 N–H and O–H groups in total. The van der Waals surface area contributed by atoms with E-state index in [2.05, 4.69) is 15.5 Å². The second-order valence-electron chi connectivity index (χ2n) is 10.9. The van der Waals surface area contributed by atoms with Gasteiger partial charge in [0, 0.05) is 17.7 Å². The van der Waals surface area contributed by atoms with E-state index in [4.69, 9.17) is 19.3 Å². The van der Waals surface area contributed by atoms with Gasteiger partial charge in [-0.05, 0) is 72.0 Å². The highest BCUT2D eigenvalue weighted by Gasteiger charge is 2.34. The number of hydrogen-bond donors (Lipinski definition) is 1. The number of benzene rings is 3. The molecule has 0 saturated carbocycles. The van der Waals surface area contributed by atoms with Crippen LogP contribution in [0.2, 0.25) is 0 Å². The molecule has 1 aliphatic heterocycles. The number of hydrogen-bond acceptors (Lipinski definition) is 10. The second-order valence-corrected chi connectivity index (χ2v) is 12.8. The van der Waals surface area contributed by atoms with Crippen molar-refractivity contribution in [3.8, 4) is 22.9 Å². The second kappa shape index (κ2) is 14.7. The van der Waals surface area contributed by atoms with E-state index in [1.165, 1.54) is 18.9 Å². The number of aryl methyl sites for hydroxylation is 1. The summed E-state index contributed by atoms with van der Waals surface area (Å²) in [6.45, 7) is 2.10. The number of nitrogens with zero attached hydrogens (tertiary/aromatic N) is 5. The third-order valence-corrected chi connectivity index (χ3v) is 9.64. The van der Waals surface area contributed by atoms with E-state index in [1.807, 2.05) is 77.5 Å². The van der Waals surface area contributed by atoms with Gasteiger partial charge in [-0.15, -0.1) is 21.5 Å². The average Bonchev–Trinajstić information content (AvgIpc) is 3.90. The number of ether oxygens (including phenoxy) is 3. The molecule has 0 spiro atoms. The summed E-state index contributed by atoms with van der Waals surface area (Å²) in [6, 6.07) is 24.4. The highest BCUT2D eigenvalue weighted by molar-refractivity contribution is 7.99. The predicted molar refractivity (Wildman–Crippen MR) is 186 cm³/mol. The van der Waals surface area contributed by atoms with Crippen molar-refractivity contribution in [1.82, 2.24) is 25.1 Å². The summed E-state index contributed by atoms with van der Waals surface area (Å²) in [5.74, 6) is 1.86. The monoisotopic (exact) mass is 682 g/mol. The molecule has 0 radical (unpaired) electrons. The van der Waals surface area contributed by atoms with E-state index in [1.54, 1.807) is 48.8 Å². The minimum atomic E-state index is -0.308. The van der Waals surface area contributed by atoms with Crippen LogP contribution in [-0.4, -0.2) is 64.4 Å². The minimum Gasteiger partial charge on any atom is -0.497 e. The molecule has 2 amide bonds. The van der Waals surface area contributed by atoms with Crippen LogP contribution in [0, 0.1) is 6.92 Å². The van der Waals surface area contributed by atoms with Gasteiger partial charge in [0.25, 0.3) is 11.8 Å². The highest BCUT2D eigenvalue weighted by atomic mass is 32.2. The summed E-state index contributed by atoms with van der Waals surface area (Å²) < 4.78 is 17.9. The van der Waals surface area contributed by atoms with Crippen LogP contribution in [0.1, 0.15) is 44.6 Å². The van der Waals surface area contributed by atoms with Gasteiger partial charge in [0.2, 0.25) is 0 Å². The molecule has 0 aliphatic carbocycles. The molecule has 6 rings (SSSR count). The standard InChI is InChI=1S/C35H34N6O5S2/c1-22-7-5-8-25(17-22)40-32(20-36-34(43)24-12-15-29(45-3)30(18-24)46-4)37-38-35(40)48-21-33(42)41-28(23-10-13-26(44-2)14-11-23)19-27(39-41)31-9-6-16-47-31/h5-18,28H,19-21H2,1-4H3,(H,36,43)/t28-/m1/s1. The van der Waals surface area contributed by atoms with Gasteiger partial charge in [-0.25, -0.2) is 5.01 Å². The van der Waals surface area contributed by atoms with Crippen LogP contribution in [0.4, 0.5) is 0 Å². The zero-order chi connectivity index (χ0) is 33.6. The molecule has 5 aromatic rings. The first-order valence-corrected chi connectivity index (χ1v) is 17.0. The molecule has 0 fully saturated rings. The number of methoxy groups -OCH3 is 3. The van der Waals surface area contributed by atoms with Crippen molar-refractivity contribution in [3.63, 3.8) is 0 Å². The Labute approximate surface area is 286 Å². The number of hydrazone groups is 1. The van der Waals surface area contributed by atoms with Crippen molar-refractivity contribution in [2.75, 3.05) is 27.1 Å². The molecule has 3 aromatic carbocycles. The van der Waals surface area contributed by atoms with Gasteiger partial charge in [-0.1, -0.05) is 42.1 Å². The molecule has 3 heterocycles. The van der Waals surface area contributed by atoms with E-state index in [0.29, 0.717) is 34.5 Å². The van der Waals surface area contributed by atoms with Crippen molar-refractivity contribution < 1.29 is 23.8 Å². The lowest BCUT2D eigenvalue weighted by molar-refractivity contribution is -0.130. The van der Waals surface area contributed by atoms with Gasteiger partial charge in [0.15, 0.2) is 22.5 Å². The van der Waals surface area contributed by atoms with E-state index >= 15 is 0 Å². The summed E-state index contributed by atoms with van der Waals surface area (Å²) in [6.07, 6.45) is 0.604. The van der Waals surface area contributed by atoms with Crippen LogP contribution in [0.5, 0.6) is 17.2 Å². The van der Waals surface area contributed by atoms with Crippen LogP contribution in [0.3, 0.4) is 0 Å². The van der Waals surface area contributed by atoms with Crippen molar-refractivity contribution in [1.29, 1.82) is 0 Å². The Bertz CT molecular complexity index is 1940. The van der Waals surface area contributed by atoms with Crippen molar-refractivity contribution in [2.45, 2.75) is 31.1 Å². The minimum absolute atomic E-state index is 0.0792. The van der Waals surface area contributed by atoms with E-state index in [9.17, 15) is 9.59 Å². The predicted octanol–water partition coefficient (Wildman–Crippen LogP) is 6.06. The Morgan fingerprint density at radius 3 is 2.46 bits per heavy atom. The molecular weight excluding hydrogens is 649 g/mol. The molecule has 0 saturated heterocycles. The molecular formula is C35H34N6O5S2. The van der Waals surface area contributed by atoms with E-state index in [0.717, 1.165) is 33.2 Å². The molecule has 13 heteroatoms. The maximum absolute atomic E-state index is 13.9. The smallest absolute Gasteiger partial charge is 0.253 e. The normalized spacial score (nSPS) is 14.0. The lowest BCUT2D eigenvalue weighted by Crippen LogP contribution is -2.28. The Kier molecular flexibility index (Phi) is 10.1. The quantitative estimate of drug-likeness (QED) is 0.158. The first-order chi connectivity index (χ1) is 23.4. The molecule has 246 valence electrons. The first-order valence-electron chi connectivity index (χ1n) is 15.1. The van der Waals surface area contributed by atoms with Crippen molar-refractivity contribution in [3.05, 3.63) is 112 Å². The third-order valence-electron chi connectivity index (χ3n) is 7.81. The number of rotatable bonds is 12. The largest absolute Gasteiger partial charge is 0.497 e. The van der Waals surface area contributed by atoms with Gasteiger partial charge in [-0.3, -0.25) is 14.2 Å². The number of carbonyl (C=O) groups is 2. The molecule has 0 unspecified atom stereocenters. The topological polar surface area (TPSA) is 120 Å². The average molecular weight is 683 g/mol. The molecule has 0 bridgehead atoms. The number of thioether (sulfide) groups is 1. The van der Waals surface area contributed by atoms with Crippen molar-refractivity contribution >= 4 is 40.6 Å². The van der Waals surface area contributed by atoms with Gasteiger partial charge >= 0.3 is 0 Å². The van der Waals surface area contributed by atoms with E-state index in [-0.39, 0.29) is 30.2 Å². The van der Waals surface area contributed by atoms with Crippen LogP contribution >= 0.6 is 23.1 Å². The lowest BCUT2D eigenvalue weighted by atomic mass is 10.0. The third kappa shape index (κ3) is 7.06.